The maximum absolute atomic E-state index is 12.2. The van der Waals surface area contributed by atoms with Crippen molar-refractivity contribution in [1.29, 1.82) is 0 Å². The van der Waals surface area contributed by atoms with E-state index >= 15 is 0 Å². The van der Waals surface area contributed by atoms with Gasteiger partial charge >= 0.3 is 5.97 Å². The van der Waals surface area contributed by atoms with Crippen LogP contribution in [0, 0.1) is 13.8 Å². The van der Waals surface area contributed by atoms with Crippen LogP contribution < -0.4 is 10.9 Å². The van der Waals surface area contributed by atoms with E-state index in [1.165, 1.54) is 30.0 Å². The lowest BCUT2D eigenvalue weighted by Crippen LogP contribution is -2.42. The van der Waals surface area contributed by atoms with Crippen molar-refractivity contribution in [1.82, 2.24) is 15.3 Å². The number of amides is 1. The monoisotopic (exact) mass is 369 g/mol. The fourth-order valence-electron chi connectivity index (χ4n) is 2.04. The van der Waals surface area contributed by atoms with E-state index in [1.807, 2.05) is 13.8 Å². The minimum atomic E-state index is -1.08. The number of carbonyl (C=O) groups is 2. The second kappa shape index (κ2) is 7.35. The topological polar surface area (TPSA) is 112 Å². The van der Waals surface area contributed by atoms with Crippen molar-refractivity contribution < 1.29 is 14.7 Å². The van der Waals surface area contributed by atoms with E-state index < -0.39 is 17.3 Å². The van der Waals surface area contributed by atoms with Gasteiger partial charge in [-0.15, -0.1) is 23.1 Å². The lowest BCUT2D eigenvalue weighted by molar-refractivity contribution is -0.141. The Bertz CT molecular complexity index is 843. The Hall–Kier alpha value is -1.87. The number of carboxylic acid groups (broad SMARTS) is 1. The molecule has 2 rings (SSSR count). The third-order valence-corrected chi connectivity index (χ3v) is 5.91. The predicted octanol–water partition coefficient (Wildman–Crippen LogP) is 1.81. The van der Waals surface area contributed by atoms with Gasteiger partial charge in [-0.25, -0.2) is 4.98 Å². The van der Waals surface area contributed by atoms with Crippen LogP contribution in [0.25, 0.3) is 10.2 Å². The van der Waals surface area contributed by atoms with E-state index in [0.717, 1.165) is 10.4 Å². The molecule has 1 amide bonds. The smallest absolute Gasteiger partial charge is 0.325 e. The van der Waals surface area contributed by atoms with Crippen LogP contribution >= 0.6 is 23.1 Å². The van der Waals surface area contributed by atoms with Gasteiger partial charge in [0.2, 0.25) is 5.91 Å². The lowest BCUT2D eigenvalue weighted by Gasteiger charge is -2.14. The van der Waals surface area contributed by atoms with Crippen molar-refractivity contribution >= 4 is 45.2 Å². The molecule has 24 heavy (non-hydrogen) atoms. The van der Waals surface area contributed by atoms with Crippen LogP contribution in [-0.4, -0.2) is 38.2 Å². The van der Waals surface area contributed by atoms with Crippen LogP contribution in [0.2, 0.25) is 0 Å². The highest BCUT2D eigenvalue weighted by molar-refractivity contribution is 7.99. The van der Waals surface area contributed by atoms with Gasteiger partial charge in [0.15, 0.2) is 0 Å². The number of aliphatic carboxylic acids is 1. The molecule has 0 aromatic carbocycles. The third kappa shape index (κ3) is 3.96. The summed E-state index contributed by atoms with van der Waals surface area (Å²) in [7, 11) is 0. The van der Waals surface area contributed by atoms with Crippen LogP contribution in [0.15, 0.2) is 4.79 Å². The zero-order chi connectivity index (χ0) is 18.0. The first-order chi connectivity index (χ1) is 11.2. The SMILES string of the molecule is Cc1sc2nc(CSC(C)C(=O)N[C@H](C)C(=O)O)[nH]c(=O)c2c1C. The summed E-state index contributed by atoms with van der Waals surface area (Å²) in [5, 5.41) is 11.4. The van der Waals surface area contributed by atoms with Crippen molar-refractivity contribution in [3.63, 3.8) is 0 Å². The summed E-state index contributed by atoms with van der Waals surface area (Å²) in [6.45, 7) is 6.94. The Balaban J connectivity index is 2.06. The van der Waals surface area contributed by atoms with Gasteiger partial charge in [-0.05, 0) is 33.3 Å². The largest absolute Gasteiger partial charge is 0.480 e. The minimum Gasteiger partial charge on any atom is -0.480 e. The normalized spacial score (nSPS) is 13.7. The van der Waals surface area contributed by atoms with E-state index in [4.69, 9.17) is 5.11 Å². The Morgan fingerprint density at radius 3 is 2.67 bits per heavy atom. The van der Waals surface area contributed by atoms with Gasteiger partial charge in [0.1, 0.15) is 16.7 Å². The third-order valence-electron chi connectivity index (χ3n) is 3.66. The van der Waals surface area contributed by atoms with E-state index in [-0.39, 0.29) is 11.5 Å². The lowest BCUT2D eigenvalue weighted by atomic mass is 10.2. The number of thioether (sulfide) groups is 1. The predicted molar refractivity (Wildman–Crippen MR) is 95.7 cm³/mol. The van der Waals surface area contributed by atoms with Crippen molar-refractivity contribution in [2.24, 2.45) is 0 Å². The van der Waals surface area contributed by atoms with Crippen LogP contribution in [-0.2, 0) is 15.3 Å². The van der Waals surface area contributed by atoms with Crippen molar-refractivity contribution in [2.45, 2.75) is 44.7 Å². The zero-order valence-electron chi connectivity index (χ0n) is 13.8. The molecule has 0 fully saturated rings. The van der Waals surface area contributed by atoms with Gasteiger partial charge < -0.3 is 15.4 Å². The number of hydrogen-bond donors (Lipinski definition) is 3. The number of aromatic nitrogens is 2. The minimum absolute atomic E-state index is 0.172. The maximum Gasteiger partial charge on any atom is 0.325 e. The Morgan fingerprint density at radius 1 is 1.38 bits per heavy atom. The number of carbonyl (C=O) groups excluding carboxylic acids is 1. The summed E-state index contributed by atoms with van der Waals surface area (Å²) >= 11 is 2.76. The molecule has 0 radical (unpaired) electrons. The Labute approximate surface area is 146 Å². The quantitative estimate of drug-likeness (QED) is 0.716. The number of rotatable bonds is 6. The van der Waals surface area contributed by atoms with Crippen LogP contribution in [0.5, 0.6) is 0 Å². The highest BCUT2D eigenvalue weighted by atomic mass is 32.2. The molecule has 0 saturated heterocycles. The molecule has 2 aromatic rings. The summed E-state index contributed by atoms with van der Waals surface area (Å²) < 4.78 is 0. The van der Waals surface area contributed by atoms with Crippen LogP contribution in [0.4, 0.5) is 0 Å². The number of thiophene rings is 1. The van der Waals surface area contributed by atoms with Crippen molar-refractivity contribution in [2.75, 3.05) is 0 Å². The molecule has 7 nitrogen and oxygen atoms in total. The van der Waals surface area contributed by atoms with E-state index in [9.17, 15) is 14.4 Å². The number of carboxylic acids is 1. The second-order valence-electron chi connectivity index (χ2n) is 5.50. The summed E-state index contributed by atoms with van der Waals surface area (Å²) in [6, 6.07) is -0.938. The number of aromatic amines is 1. The highest BCUT2D eigenvalue weighted by Gasteiger charge is 2.20. The molecule has 1 unspecified atom stereocenters. The number of aryl methyl sites for hydroxylation is 2. The molecular weight excluding hydrogens is 350 g/mol. The molecule has 3 N–H and O–H groups in total. The molecular formula is C15H19N3O4S2. The first kappa shape index (κ1) is 18.5. The molecule has 0 aliphatic carbocycles. The average molecular weight is 369 g/mol. The molecule has 130 valence electrons. The number of nitrogens with zero attached hydrogens (tertiary/aromatic N) is 1. The summed E-state index contributed by atoms with van der Waals surface area (Å²) in [5.74, 6) is -0.580. The fraction of sp³-hybridized carbons (Fsp3) is 0.467. The van der Waals surface area contributed by atoms with Crippen LogP contribution in [0.3, 0.4) is 0 Å². The summed E-state index contributed by atoms with van der Waals surface area (Å²) in [5.41, 5.74) is 0.771. The number of nitrogens with one attached hydrogen (secondary N) is 2. The molecule has 0 spiro atoms. The van der Waals surface area contributed by atoms with Crippen LogP contribution in [0.1, 0.15) is 30.1 Å². The number of hydrogen-bond acceptors (Lipinski definition) is 6. The molecule has 9 heteroatoms. The van der Waals surface area contributed by atoms with Crippen molar-refractivity contribution in [3.05, 3.63) is 26.6 Å². The molecule has 0 aliphatic rings. The molecule has 0 saturated carbocycles. The first-order valence-corrected chi connectivity index (χ1v) is 9.21. The van der Waals surface area contributed by atoms with Gasteiger partial charge in [0.05, 0.1) is 16.4 Å². The summed E-state index contributed by atoms with van der Waals surface area (Å²) in [4.78, 5) is 43.8. The maximum atomic E-state index is 12.2. The highest BCUT2D eigenvalue weighted by Crippen LogP contribution is 2.26. The standard InChI is InChI=1S/C15H19N3O4S2/c1-6-8(3)24-14-11(6)13(20)17-10(18-14)5-23-9(4)12(19)16-7(2)15(21)22/h7,9H,5H2,1-4H3,(H,16,19)(H,21,22)(H,17,18,20)/t7-,9?/m1/s1. The summed E-state index contributed by atoms with van der Waals surface area (Å²) in [6.07, 6.45) is 0. The molecule has 0 bridgehead atoms. The van der Waals surface area contributed by atoms with Crippen molar-refractivity contribution in [3.8, 4) is 0 Å². The average Bonchev–Trinajstić information content (AvgIpc) is 2.79. The Morgan fingerprint density at radius 2 is 2.04 bits per heavy atom. The Kier molecular flexibility index (Phi) is 5.66. The molecule has 2 aromatic heterocycles. The van der Waals surface area contributed by atoms with Gasteiger partial charge in [-0.1, -0.05) is 0 Å². The molecule has 0 aliphatic heterocycles. The van der Waals surface area contributed by atoms with Gasteiger partial charge in [-0.2, -0.15) is 0 Å². The van der Waals surface area contributed by atoms with Gasteiger partial charge in [0, 0.05) is 4.88 Å². The van der Waals surface area contributed by atoms with E-state index in [1.54, 1.807) is 6.92 Å². The number of fused-ring (bicyclic) bond motifs is 1. The number of H-pyrrole nitrogens is 1. The first-order valence-electron chi connectivity index (χ1n) is 7.34. The zero-order valence-corrected chi connectivity index (χ0v) is 15.4. The molecule has 2 heterocycles. The van der Waals surface area contributed by atoms with Gasteiger partial charge in [-0.3, -0.25) is 14.4 Å². The second-order valence-corrected chi connectivity index (χ2v) is 8.03. The van der Waals surface area contributed by atoms with E-state index in [0.29, 0.717) is 21.8 Å². The van der Waals surface area contributed by atoms with E-state index in [2.05, 4.69) is 15.3 Å². The molecule has 2 atom stereocenters. The fourth-order valence-corrected chi connectivity index (χ4v) is 3.85. The van der Waals surface area contributed by atoms with Gasteiger partial charge in [0.25, 0.3) is 5.56 Å².